The summed E-state index contributed by atoms with van der Waals surface area (Å²) in [4.78, 5) is 23.3. The Morgan fingerprint density at radius 1 is 1.46 bits per heavy atom. The molecular formula is C18H29N5O. The number of fused-ring (bicyclic) bond motifs is 1. The average Bonchev–Trinajstić information content (AvgIpc) is 2.88. The van der Waals surface area contributed by atoms with Gasteiger partial charge in [-0.25, -0.2) is 4.79 Å². The fourth-order valence-corrected chi connectivity index (χ4v) is 4.18. The van der Waals surface area contributed by atoms with Gasteiger partial charge in [-0.2, -0.15) is 0 Å². The summed E-state index contributed by atoms with van der Waals surface area (Å²) in [6, 6.07) is 5.16. The maximum absolute atomic E-state index is 12.5. The van der Waals surface area contributed by atoms with Crippen molar-refractivity contribution in [3.63, 3.8) is 0 Å². The number of nitrogens with one attached hydrogen (secondary N) is 1. The van der Waals surface area contributed by atoms with E-state index in [0.29, 0.717) is 24.5 Å². The molecule has 1 aromatic heterocycles. The van der Waals surface area contributed by atoms with Crippen molar-refractivity contribution in [2.75, 3.05) is 40.8 Å². The van der Waals surface area contributed by atoms with Crippen molar-refractivity contribution in [1.29, 1.82) is 0 Å². The first kappa shape index (κ1) is 17.2. The molecule has 3 rings (SSSR count). The number of aromatic nitrogens is 1. The van der Waals surface area contributed by atoms with Gasteiger partial charge in [-0.3, -0.25) is 9.88 Å². The maximum atomic E-state index is 12.5. The third-order valence-corrected chi connectivity index (χ3v) is 5.40. The van der Waals surface area contributed by atoms with Crippen LogP contribution in [0.5, 0.6) is 0 Å². The fraction of sp³-hybridized carbons (Fsp3) is 0.667. The van der Waals surface area contributed by atoms with Crippen molar-refractivity contribution < 1.29 is 4.79 Å². The van der Waals surface area contributed by atoms with Crippen LogP contribution in [0.4, 0.5) is 4.79 Å². The van der Waals surface area contributed by atoms with E-state index >= 15 is 0 Å². The van der Waals surface area contributed by atoms with Gasteiger partial charge in [0.25, 0.3) is 0 Å². The Hall–Kier alpha value is -1.66. The lowest BCUT2D eigenvalue weighted by Gasteiger charge is -2.37. The molecule has 6 heteroatoms. The minimum absolute atomic E-state index is 0.0519. The number of hydrogen-bond acceptors (Lipinski definition) is 4. The van der Waals surface area contributed by atoms with Crippen LogP contribution in [0, 0.1) is 5.92 Å². The Balaban J connectivity index is 1.52. The number of likely N-dealkylation sites (N-methyl/N-ethyl adjacent to an activating group) is 2. The molecule has 0 bridgehead atoms. The number of urea groups is 1. The molecule has 0 saturated carbocycles. The van der Waals surface area contributed by atoms with Crippen LogP contribution in [0.25, 0.3) is 0 Å². The molecule has 2 fully saturated rings. The molecule has 6 nitrogen and oxygen atoms in total. The molecule has 24 heavy (non-hydrogen) atoms. The summed E-state index contributed by atoms with van der Waals surface area (Å²) in [5, 5.41) is 3.03. The van der Waals surface area contributed by atoms with Gasteiger partial charge in [-0.05, 0) is 51.5 Å². The molecule has 2 aliphatic heterocycles. The Labute approximate surface area is 144 Å². The fourth-order valence-electron chi connectivity index (χ4n) is 4.18. The van der Waals surface area contributed by atoms with Crippen LogP contribution in [-0.4, -0.2) is 78.6 Å². The highest BCUT2D eigenvalue weighted by Gasteiger charge is 2.42. The second kappa shape index (κ2) is 7.49. The van der Waals surface area contributed by atoms with Gasteiger partial charge < -0.3 is 15.1 Å². The second-order valence-electron chi connectivity index (χ2n) is 7.40. The summed E-state index contributed by atoms with van der Waals surface area (Å²) in [6.07, 6.45) is 5.80. The van der Waals surface area contributed by atoms with Crippen LogP contribution in [0.15, 0.2) is 24.5 Å². The standard InChI is InChI=1S/C18H29N5O/c1-21(2)13-16-9-15-12-23(8-6-17(15)22(16)3)18(24)20-11-14-5-4-7-19-10-14/h4-5,7,10,15-17H,6,8-9,11-13H2,1-3H3,(H,20,24)/t15-,16+,17+/m1/s1. The lowest BCUT2D eigenvalue weighted by molar-refractivity contribution is 0.122. The summed E-state index contributed by atoms with van der Waals surface area (Å²) in [7, 11) is 6.51. The van der Waals surface area contributed by atoms with Crippen LogP contribution >= 0.6 is 0 Å². The third-order valence-electron chi connectivity index (χ3n) is 5.40. The third kappa shape index (κ3) is 3.87. The zero-order chi connectivity index (χ0) is 17.1. The van der Waals surface area contributed by atoms with Crippen molar-refractivity contribution in [2.45, 2.75) is 31.5 Å². The SMILES string of the molecule is CN(C)C[C@@H]1C[C@@H]2CN(C(=O)NCc3cccnc3)CC[C@@H]2N1C. The minimum atomic E-state index is 0.0519. The summed E-state index contributed by atoms with van der Waals surface area (Å²) in [6.45, 7) is 3.36. The Kier molecular flexibility index (Phi) is 5.36. The first-order valence-corrected chi connectivity index (χ1v) is 8.83. The van der Waals surface area contributed by atoms with E-state index < -0.39 is 0 Å². The van der Waals surface area contributed by atoms with Gasteiger partial charge in [0, 0.05) is 50.7 Å². The van der Waals surface area contributed by atoms with E-state index in [1.807, 2.05) is 17.0 Å². The van der Waals surface area contributed by atoms with E-state index in [-0.39, 0.29) is 6.03 Å². The van der Waals surface area contributed by atoms with E-state index in [2.05, 4.69) is 41.2 Å². The molecule has 0 aromatic carbocycles. The van der Waals surface area contributed by atoms with E-state index in [0.717, 1.165) is 31.6 Å². The van der Waals surface area contributed by atoms with Gasteiger partial charge in [-0.15, -0.1) is 0 Å². The number of nitrogens with zero attached hydrogens (tertiary/aromatic N) is 4. The van der Waals surface area contributed by atoms with Gasteiger partial charge in [-0.1, -0.05) is 6.07 Å². The topological polar surface area (TPSA) is 51.7 Å². The number of pyridine rings is 1. The Morgan fingerprint density at radius 2 is 2.29 bits per heavy atom. The highest BCUT2D eigenvalue weighted by Crippen LogP contribution is 2.34. The number of piperidine rings is 1. The summed E-state index contributed by atoms with van der Waals surface area (Å²) in [5.41, 5.74) is 1.03. The molecule has 0 unspecified atom stereocenters. The average molecular weight is 331 g/mol. The summed E-state index contributed by atoms with van der Waals surface area (Å²) in [5.74, 6) is 0.595. The number of amides is 2. The highest BCUT2D eigenvalue weighted by molar-refractivity contribution is 5.74. The van der Waals surface area contributed by atoms with Gasteiger partial charge in [0.2, 0.25) is 0 Å². The van der Waals surface area contributed by atoms with Crippen LogP contribution in [0.2, 0.25) is 0 Å². The molecular weight excluding hydrogens is 302 g/mol. The van der Waals surface area contributed by atoms with Crippen molar-refractivity contribution in [1.82, 2.24) is 25.0 Å². The molecule has 2 aliphatic rings. The largest absolute Gasteiger partial charge is 0.334 e. The zero-order valence-electron chi connectivity index (χ0n) is 15.0. The maximum Gasteiger partial charge on any atom is 0.317 e. The smallest absolute Gasteiger partial charge is 0.317 e. The second-order valence-corrected chi connectivity index (χ2v) is 7.40. The molecule has 2 saturated heterocycles. The summed E-state index contributed by atoms with van der Waals surface area (Å²) < 4.78 is 0. The molecule has 2 amide bonds. The van der Waals surface area contributed by atoms with Gasteiger partial charge in [0.15, 0.2) is 0 Å². The van der Waals surface area contributed by atoms with E-state index in [9.17, 15) is 4.79 Å². The predicted octanol–water partition coefficient (Wildman–Crippen LogP) is 1.25. The highest BCUT2D eigenvalue weighted by atomic mass is 16.2. The molecule has 0 aliphatic carbocycles. The molecule has 1 N–H and O–H groups in total. The lowest BCUT2D eigenvalue weighted by atomic mass is 9.92. The summed E-state index contributed by atoms with van der Waals surface area (Å²) >= 11 is 0. The molecule has 0 radical (unpaired) electrons. The number of hydrogen-bond donors (Lipinski definition) is 1. The van der Waals surface area contributed by atoms with Crippen molar-refractivity contribution in [3.8, 4) is 0 Å². The van der Waals surface area contributed by atoms with Crippen molar-refractivity contribution >= 4 is 6.03 Å². The lowest BCUT2D eigenvalue weighted by Crippen LogP contribution is -2.50. The number of carbonyl (C=O) groups excluding carboxylic acids is 1. The normalized spacial score (nSPS) is 27.3. The van der Waals surface area contributed by atoms with Crippen LogP contribution in [0.1, 0.15) is 18.4 Å². The Bertz CT molecular complexity index is 550. The van der Waals surface area contributed by atoms with Gasteiger partial charge >= 0.3 is 6.03 Å². The molecule has 132 valence electrons. The first-order valence-electron chi connectivity index (χ1n) is 8.83. The zero-order valence-corrected chi connectivity index (χ0v) is 15.0. The van der Waals surface area contributed by atoms with E-state index in [1.165, 1.54) is 6.42 Å². The minimum Gasteiger partial charge on any atom is -0.334 e. The van der Waals surface area contributed by atoms with Crippen molar-refractivity contribution in [2.24, 2.45) is 5.92 Å². The monoisotopic (exact) mass is 331 g/mol. The predicted molar refractivity (Wildman–Crippen MR) is 94.7 cm³/mol. The van der Waals surface area contributed by atoms with Gasteiger partial charge in [0.05, 0.1) is 0 Å². The van der Waals surface area contributed by atoms with Gasteiger partial charge in [0.1, 0.15) is 0 Å². The van der Waals surface area contributed by atoms with Crippen molar-refractivity contribution in [3.05, 3.63) is 30.1 Å². The van der Waals surface area contributed by atoms with Crippen LogP contribution in [0.3, 0.4) is 0 Å². The number of rotatable bonds is 4. The first-order chi connectivity index (χ1) is 11.5. The molecule has 0 spiro atoms. The number of carbonyl (C=O) groups is 1. The molecule has 3 atom stereocenters. The molecule has 3 heterocycles. The number of likely N-dealkylation sites (tertiary alicyclic amines) is 2. The quantitative estimate of drug-likeness (QED) is 0.902. The van der Waals surface area contributed by atoms with E-state index in [1.54, 1.807) is 12.4 Å². The molecule has 1 aromatic rings. The van der Waals surface area contributed by atoms with Crippen LogP contribution < -0.4 is 5.32 Å². The Morgan fingerprint density at radius 3 is 3.00 bits per heavy atom. The van der Waals surface area contributed by atoms with Crippen LogP contribution in [-0.2, 0) is 6.54 Å². The van der Waals surface area contributed by atoms with E-state index in [4.69, 9.17) is 0 Å².